The van der Waals surface area contributed by atoms with Crippen molar-refractivity contribution in [3.8, 4) is 0 Å². The predicted molar refractivity (Wildman–Crippen MR) is 133 cm³/mol. The normalized spacial score (nSPS) is 25.7. The summed E-state index contributed by atoms with van der Waals surface area (Å²) in [6.07, 6.45) is 5.77. The lowest BCUT2D eigenvalue weighted by atomic mass is 9.77. The lowest BCUT2D eigenvalue weighted by Gasteiger charge is -2.39. The molecular formula is C20H29ClN6O8P2. The number of aliphatic hydroxyl groups excluding tert-OH is 2. The molecule has 0 bridgehead atoms. The molecule has 204 valence electrons. The molecule has 2 fully saturated rings. The van der Waals surface area contributed by atoms with E-state index >= 15 is 0 Å². The van der Waals surface area contributed by atoms with Crippen LogP contribution in [0.1, 0.15) is 44.8 Å². The second kappa shape index (κ2) is 9.77. The van der Waals surface area contributed by atoms with Crippen molar-refractivity contribution in [2.75, 3.05) is 30.4 Å². The van der Waals surface area contributed by atoms with Gasteiger partial charge in [-0.05, 0) is 42.7 Å². The lowest BCUT2D eigenvalue weighted by molar-refractivity contribution is -0.00660. The molecule has 1 saturated carbocycles. The van der Waals surface area contributed by atoms with Gasteiger partial charge in [0.05, 0.1) is 6.54 Å². The first-order valence-electron chi connectivity index (χ1n) is 11.9. The van der Waals surface area contributed by atoms with Crippen LogP contribution >= 0.6 is 26.7 Å². The molecule has 3 atom stereocenters. The molecule has 3 aliphatic rings. The number of hydrogen-bond acceptors (Lipinski definition) is 9. The molecule has 0 amide bonds. The first kappa shape index (κ1) is 26.8. The van der Waals surface area contributed by atoms with Crippen molar-refractivity contribution in [3.63, 3.8) is 0 Å². The monoisotopic (exact) mass is 578 g/mol. The van der Waals surface area contributed by atoms with E-state index < -0.39 is 45.7 Å². The summed E-state index contributed by atoms with van der Waals surface area (Å²) in [5.74, 6) is -1.58. The van der Waals surface area contributed by atoms with Crippen LogP contribution in [-0.2, 0) is 13.9 Å². The number of piperidine rings is 1. The highest BCUT2D eigenvalue weighted by atomic mass is 35.5. The number of halogens is 1. The first-order chi connectivity index (χ1) is 17.4. The SMILES string of the molecule is O=P(O)(O)CP(=O)(O)NCC1=C(O)C(O)[C@H](n2cnc3c(N4CCC5(CCCC5)CC4)nc(Cl)nc32)O1. The Labute approximate surface area is 217 Å². The van der Waals surface area contributed by atoms with Crippen molar-refractivity contribution in [2.24, 2.45) is 5.41 Å². The van der Waals surface area contributed by atoms with Crippen molar-refractivity contribution < 1.29 is 38.8 Å². The fourth-order valence-corrected chi connectivity index (χ4v) is 8.46. The highest BCUT2D eigenvalue weighted by Crippen LogP contribution is 2.52. The average Bonchev–Trinajstić information content (AvgIpc) is 3.50. The number of nitrogens with zero attached hydrogens (tertiary/aromatic N) is 5. The molecule has 2 unspecified atom stereocenters. The maximum Gasteiger partial charge on any atom is 0.336 e. The Morgan fingerprint density at radius 1 is 1.14 bits per heavy atom. The summed E-state index contributed by atoms with van der Waals surface area (Å²) in [5.41, 5.74) is 1.14. The van der Waals surface area contributed by atoms with Gasteiger partial charge in [0.25, 0.3) is 7.52 Å². The highest BCUT2D eigenvalue weighted by molar-refractivity contribution is 7.71. The Morgan fingerprint density at radius 3 is 2.46 bits per heavy atom. The van der Waals surface area contributed by atoms with Crippen molar-refractivity contribution in [1.82, 2.24) is 24.6 Å². The molecule has 5 rings (SSSR count). The van der Waals surface area contributed by atoms with Crippen LogP contribution in [-0.4, -0.2) is 76.1 Å². The Hall–Kier alpha value is -1.76. The van der Waals surface area contributed by atoms with E-state index in [1.54, 1.807) is 0 Å². The van der Waals surface area contributed by atoms with Crippen LogP contribution in [0.25, 0.3) is 11.2 Å². The van der Waals surface area contributed by atoms with Crippen LogP contribution in [0.5, 0.6) is 0 Å². The van der Waals surface area contributed by atoms with Gasteiger partial charge in [0.1, 0.15) is 12.2 Å². The van der Waals surface area contributed by atoms with Gasteiger partial charge in [-0.2, -0.15) is 9.97 Å². The van der Waals surface area contributed by atoms with E-state index in [4.69, 9.17) is 26.1 Å². The number of aliphatic hydroxyl groups is 2. The molecule has 37 heavy (non-hydrogen) atoms. The summed E-state index contributed by atoms with van der Waals surface area (Å²) in [5, 5.41) is 23.1. The van der Waals surface area contributed by atoms with Gasteiger partial charge < -0.3 is 34.5 Å². The molecule has 14 nitrogen and oxygen atoms in total. The Kier molecular flexibility index (Phi) is 7.08. The van der Waals surface area contributed by atoms with Crippen molar-refractivity contribution in [2.45, 2.75) is 50.9 Å². The number of nitrogens with one attached hydrogen (secondary N) is 1. The van der Waals surface area contributed by atoms with Gasteiger partial charge in [0.15, 0.2) is 34.6 Å². The quantitative estimate of drug-likeness (QED) is 0.206. The number of aromatic nitrogens is 4. The molecule has 1 aliphatic carbocycles. The number of imidazole rings is 1. The molecular weight excluding hydrogens is 550 g/mol. The molecule has 1 spiro atoms. The predicted octanol–water partition coefficient (Wildman–Crippen LogP) is 2.21. The smallest absolute Gasteiger partial charge is 0.336 e. The molecule has 4 heterocycles. The number of hydrogen-bond donors (Lipinski definition) is 6. The van der Waals surface area contributed by atoms with Gasteiger partial charge in [-0.1, -0.05) is 12.8 Å². The van der Waals surface area contributed by atoms with E-state index in [0.29, 0.717) is 16.7 Å². The minimum atomic E-state index is -4.77. The number of ether oxygens (including phenoxy) is 1. The molecule has 6 N–H and O–H groups in total. The zero-order valence-electron chi connectivity index (χ0n) is 19.8. The topological polar surface area (TPSA) is 203 Å². The summed E-state index contributed by atoms with van der Waals surface area (Å²) in [6, 6.07) is 0. The third kappa shape index (κ3) is 5.53. The second-order valence-corrected chi connectivity index (χ2v) is 14.5. The Morgan fingerprint density at radius 2 is 1.81 bits per heavy atom. The van der Waals surface area contributed by atoms with Gasteiger partial charge in [-0.3, -0.25) is 13.7 Å². The van der Waals surface area contributed by atoms with E-state index in [9.17, 15) is 24.2 Å². The molecule has 0 radical (unpaired) electrons. The van der Waals surface area contributed by atoms with Gasteiger partial charge >= 0.3 is 7.60 Å². The minimum Gasteiger partial charge on any atom is -0.506 e. The summed E-state index contributed by atoms with van der Waals surface area (Å²) in [7, 11) is -9.23. The number of rotatable bonds is 7. The first-order valence-corrected chi connectivity index (χ1v) is 15.9. The minimum absolute atomic E-state index is 0.0179. The van der Waals surface area contributed by atoms with Crippen molar-refractivity contribution >= 4 is 43.7 Å². The molecule has 2 aromatic heterocycles. The van der Waals surface area contributed by atoms with E-state index in [1.807, 2.05) is 0 Å². The third-order valence-corrected chi connectivity index (χ3v) is 11.2. The van der Waals surface area contributed by atoms with Gasteiger partial charge in [-0.25, -0.2) is 10.1 Å². The van der Waals surface area contributed by atoms with E-state index in [2.05, 4.69) is 24.9 Å². The summed E-state index contributed by atoms with van der Waals surface area (Å²) >= 11 is 6.26. The van der Waals surface area contributed by atoms with Crippen LogP contribution < -0.4 is 9.99 Å². The zero-order chi connectivity index (χ0) is 26.6. The number of fused-ring (bicyclic) bond motifs is 1. The summed E-state index contributed by atoms with van der Waals surface area (Å²) in [6.45, 7) is 1.06. The van der Waals surface area contributed by atoms with Crippen molar-refractivity contribution in [3.05, 3.63) is 23.1 Å². The molecule has 17 heteroatoms. The third-order valence-electron chi connectivity index (χ3n) is 7.40. The second-order valence-electron chi connectivity index (χ2n) is 9.94. The van der Waals surface area contributed by atoms with Crippen LogP contribution in [0.4, 0.5) is 5.82 Å². The van der Waals surface area contributed by atoms with Gasteiger partial charge in [0.2, 0.25) is 11.5 Å². The Balaban J connectivity index is 1.35. The van der Waals surface area contributed by atoms with Crippen molar-refractivity contribution in [1.29, 1.82) is 0 Å². The largest absolute Gasteiger partial charge is 0.506 e. The fraction of sp³-hybridized carbons (Fsp3) is 0.650. The standard InChI is InChI=1S/C20H29ClN6O8P2/c21-19-24-16(26-7-5-20(6-8-26)3-1-2-4-20)13-17(25-19)27(10-22-13)18-15(29)14(28)12(35-18)9-23-36(30,31)11-37(32,33)34/h10,15,18,28-29H,1-9,11H2,(H2,23,30,31)(H2,32,33,34)/t15?,18-/m1/s1. The Bertz CT molecular complexity index is 1320. The lowest BCUT2D eigenvalue weighted by Crippen LogP contribution is -2.39. The maximum atomic E-state index is 12.0. The van der Waals surface area contributed by atoms with Crippen LogP contribution in [0.2, 0.25) is 5.28 Å². The van der Waals surface area contributed by atoms with E-state index in [-0.39, 0.29) is 16.7 Å². The maximum absolute atomic E-state index is 12.0. The highest BCUT2D eigenvalue weighted by Gasteiger charge is 2.41. The average molecular weight is 579 g/mol. The molecule has 2 aromatic rings. The van der Waals surface area contributed by atoms with Gasteiger partial charge in [0, 0.05) is 13.1 Å². The van der Waals surface area contributed by atoms with Crippen LogP contribution in [0.15, 0.2) is 17.8 Å². The zero-order valence-corrected chi connectivity index (χ0v) is 22.3. The fourth-order valence-electron chi connectivity index (χ4n) is 5.51. The summed E-state index contributed by atoms with van der Waals surface area (Å²) in [4.78, 5) is 43.0. The van der Waals surface area contributed by atoms with Crippen LogP contribution in [0.3, 0.4) is 0 Å². The molecule has 2 aliphatic heterocycles. The summed E-state index contributed by atoms with van der Waals surface area (Å²) < 4.78 is 30.2. The molecule has 1 saturated heterocycles. The van der Waals surface area contributed by atoms with E-state index in [0.717, 1.165) is 25.9 Å². The molecule has 0 aromatic carbocycles. The van der Waals surface area contributed by atoms with Crippen LogP contribution in [0, 0.1) is 5.41 Å². The number of anilines is 1. The van der Waals surface area contributed by atoms with Gasteiger partial charge in [-0.15, -0.1) is 0 Å². The van der Waals surface area contributed by atoms with E-state index in [1.165, 1.54) is 36.6 Å².